The molecule has 0 spiro atoms. The van der Waals surface area contributed by atoms with Gasteiger partial charge in [0.1, 0.15) is 12.3 Å². The second kappa shape index (κ2) is 11.9. The fourth-order valence-corrected chi connectivity index (χ4v) is 3.63. The molecule has 11 heteroatoms. The maximum atomic E-state index is 13.4. The number of ether oxygens (including phenoxy) is 1. The van der Waals surface area contributed by atoms with E-state index in [4.69, 9.17) is 10.00 Å². The first-order valence-electron chi connectivity index (χ1n) is 11.1. The van der Waals surface area contributed by atoms with Gasteiger partial charge in [0.15, 0.2) is 0 Å². The van der Waals surface area contributed by atoms with Crippen molar-refractivity contribution >= 4 is 23.5 Å². The molecule has 0 bridgehead atoms. The van der Waals surface area contributed by atoms with Crippen molar-refractivity contribution in [2.45, 2.75) is 19.1 Å². The number of rotatable bonds is 9. The minimum Gasteiger partial charge on any atom is -0.497 e. The fraction of sp³-hybridized carbons (Fsp3) is 0.185. The van der Waals surface area contributed by atoms with Crippen LogP contribution in [0.15, 0.2) is 66.7 Å². The lowest BCUT2D eigenvalue weighted by Gasteiger charge is -2.21. The SMILES string of the molecule is COc1ccc(CC(=O)Nc2ccc(C(=O)N(CC(=O)O)Cc3ccc(C#N)cc3)cc2)c(C(F)(F)F)c1. The van der Waals surface area contributed by atoms with Crippen LogP contribution >= 0.6 is 0 Å². The summed E-state index contributed by atoms with van der Waals surface area (Å²) in [5.41, 5.74) is 0.227. The van der Waals surface area contributed by atoms with E-state index in [2.05, 4.69) is 5.32 Å². The van der Waals surface area contributed by atoms with E-state index in [1.54, 1.807) is 24.3 Å². The third-order valence-electron chi connectivity index (χ3n) is 5.46. The number of methoxy groups -OCH3 is 1. The number of carboxylic acids is 1. The summed E-state index contributed by atoms with van der Waals surface area (Å²) in [6.45, 7) is -0.584. The van der Waals surface area contributed by atoms with Crippen LogP contribution in [-0.4, -0.2) is 41.4 Å². The lowest BCUT2D eigenvalue weighted by atomic mass is 10.0. The number of hydrogen-bond donors (Lipinski definition) is 2. The van der Waals surface area contributed by atoms with Gasteiger partial charge in [0.05, 0.1) is 30.7 Å². The fourth-order valence-electron chi connectivity index (χ4n) is 3.63. The Morgan fingerprint density at radius 3 is 2.24 bits per heavy atom. The largest absolute Gasteiger partial charge is 0.497 e. The summed E-state index contributed by atoms with van der Waals surface area (Å²) in [5.74, 6) is -2.48. The summed E-state index contributed by atoms with van der Waals surface area (Å²) >= 11 is 0. The van der Waals surface area contributed by atoms with Crippen molar-refractivity contribution in [1.29, 1.82) is 5.26 Å². The van der Waals surface area contributed by atoms with Crippen molar-refractivity contribution in [3.05, 3.63) is 94.5 Å². The van der Waals surface area contributed by atoms with E-state index in [1.165, 1.54) is 43.5 Å². The van der Waals surface area contributed by atoms with Gasteiger partial charge in [-0.25, -0.2) is 0 Å². The number of hydrogen-bond acceptors (Lipinski definition) is 5. The summed E-state index contributed by atoms with van der Waals surface area (Å²) in [5, 5.41) is 20.6. The second-order valence-electron chi connectivity index (χ2n) is 8.19. The van der Waals surface area contributed by atoms with Crippen molar-refractivity contribution in [3.8, 4) is 11.8 Å². The second-order valence-corrected chi connectivity index (χ2v) is 8.19. The quantitative estimate of drug-likeness (QED) is 0.425. The molecule has 0 aromatic heterocycles. The molecular weight excluding hydrogens is 503 g/mol. The van der Waals surface area contributed by atoms with E-state index in [0.717, 1.165) is 11.0 Å². The smallest absolute Gasteiger partial charge is 0.416 e. The molecule has 8 nitrogen and oxygen atoms in total. The highest BCUT2D eigenvalue weighted by Gasteiger charge is 2.34. The monoisotopic (exact) mass is 525 g/mol. The molecule has 0 unspecified atom stereocenters. The van der Waals surface area contributed by atoms with Crippen molar-refractivity contribution in [2.75, 3.05) is 19.0 Å². The lowest BCUT2D eigenvalue weighted by Crippen LogP contribution is -2.35. The normalized spacial score (nSPS) is 10.8. The third-order valence-corrected chi connectivity index (χ3v) is 5.46. The van der Waals surface area contributed by atoms with Crippen LogP contribution in [0.1, 0.15) is 32.6 Å². The average Bonchev–Trinajstić information content (AvgIpc) is 2.88. The highest BCUT2D eigenvalue weighted by atomic mass is 19.4. The number of alkyl halides is 3. The van der Waals surface area contributed by atoms with E-state index in [0.29, 0.717) is 11.1 Å². The van der Waals surface area contributed by atoms with Crippen LogP contribution in [0.4, 0.5) is 18.9 Å². The molecule has 0 aliphatic carbocycles. The number of anilines is 1. The molecular formula is C27H22F3N3O5. The van der Waals surface area contributed by atoms with Gasteiger partial charge in [-0.15, -0.1) is 0 Å². The van der Waals surface area contributed by atoms with Gasteiger partial charge < -0.3 is 20.1 Å². The first-order chi connectivity index (χ1) is 18.0. The molecule has 38 heavy (non-hydrogen) atoms. The molecule has 196 valence electrons. The maximum absolute atomic E-state index is 13.4. The summed E-state index contributed by atoms with van der Waals surface area (Å²) in [7, 11) is 1.24. The molecule has 2 amide bonds. The van der Waals surface area contributed by atoms with Gasteiger partial charge in [-0.3, -0.25) is 14.4 Å². The summed E-state index contributed by atoms with van der Waals surface area (Å²) in [6.07, 6.45) is -5.22. The third kappa shape index (κ3) is 7.33. The van der Waals surface area contributed by atoms with E-state index >= 15 is 0 Å². The van der Waals surface area contributed by atoms with Crippen LogP contribution in [0.2, 0.25) is 0 Å². The van der Waals surface area contributed by atoms with Crippen LogP contribution in [0, 0.1) is 11.3 Å². The molecule has 0 atom stereocenters. The van der Waals surface area contributed by atoms with Gasteiger partial charge >= 0.3 is 12.1 Å². The zero-order chi connectivity index (χ0) is 27.9. The Kier molecular flexibility index (Phi) is 8.70. The molecule has 0 radical (unpaired) electrons. The molecule has 0 saturated heterocycles. The van der Waals surface area contributed by atoms with Crippen molar-refractivity contribution in [3.63, 3.8) is 0 Å². The topological polar surface area (TPSA) is 120 Å². The van der Waals surface area contributed by atoms with E-state index in [1.807, 2.05) is 6.07 Å². The molecule has 0 fully saturated rings. The molecule has 2 N–H and O–H groups in total. The Hall–Kier alpha value is -4.85. The van der Waals surface area contributed by atoms with E-state index in [9.17, 15) is 32.7 Å². The van der Waals surface area contributed by atoms with Gasteiger partial charge in [0.25, 0.3) is 5.91 Å². The molecule has 0 aliphatic heterocycles. The van der Waals surface area contributed by atoms with Crippen LogP contribution < -0.4 is 10.1 Å². The number of nitriles is 1. The summed E-state index contributed by atoms with van der Waals surface area (Å²) < 4.78 is 45.1. The Morgan fingerprint density at radius 1 is 1.03 bits per heavy atom. The Morgan fingerprint density at radius 2 is 1.68 bits per heavy atom. The van der Waals surface area contributed by atoms with Crippen molar-refractivity contribution < 1.29 is 37.4 Å². The predicted octanol–water partition coefficient (Wildman–Crippen LogP) is 4.49. The standard InChI is InChI=1S/C27H22F3N3O5/c1-38-22-11-8-20(23(13-22)27(28,29)30)12-24(34)32-21-9-6-19(7-10-21)26(37)33(16-25(35)36)15-18-4-2-17(14-31)3-5-18/h2-11,13H,12,15-16H2,1H3,(H,32,34)(H,35,36). The van der Waals surface area contributed by atoms with Gasteiger partial charge in [-0.2, -0.15) is 18.4 Å². The van der Waals surface area contributed by atoms with Crippen LogP contribution in [0.5, 0.6) is 5.75 Å². The Labute approximate surface area is 215 Å². The Balaban J connectivity index is 1.71. The van der Waals surface area contributed by atoms with Crippen LogP contribution in [0.3, 0.4) is 0 Å². The van der Waals surface area contributed by atoms with Gasteiger partial charge in [-0.1, -0.05) is 18.2 Å². The number of carboxylic acid groups (broad SMARTS) is 1. The summed E-state index contributed by atoms with van der Waals surface area (Å²) in [6, 6.07) is 17.2. The number of benzene rings is 3. The first kappa shape index (κ1) is 27.7. The summed E-state index contributed by atoms with van der Waals surface area (Å²) in [4.78, 5) is 37.8. The zero-order valence-electron chi connectivity index (χ0n) is 20.1. The van der Waals surface area contributed by atoms with Crippen LogP contribution in [0.25, 0.3) is 0 Å². The predicted molar refractivity (Wildman–Crippen MR) is 130 cm³/mol. The zero-order valence-corrected chi connectivity index (χ0v) is 20.1. The molecule has 3 aromatic carbocycles. The number of carbonyl (C=O) groups is 3. The highest BCUT2D eigenvalue weighted by molar-refractivity contribution is 5.97. The maximum Gasteiger partial charge on any atom is 0.416 e. The minimum absolute atomic E-state index is 0.0119. The van der Waals surface area contributed by atoms with Crippen molar-refractivity contribution in [1.82, 2.24) is 4.90 Å². The number of carbonyl (C=O) groups excluding carboxylic acids is 2. The minimum atomic E-state index is -4.67. The average molecular weight is 525 g/mol. The van der Waals surface area contributed by atoms with Gasteiger partial charge in [0.2, 0.25) is 5.91 Å². The number of nitrogens with zero attached hydrogens (tertiary/aromatic N) is 2. The van der Waals surface area contributed by atoms with Crippen LogP contribution in [-0.2, 0) is 28.7 Å². The highest BCUT2D eigenvalue weighted by Crippen LogP contribution is 2.34. The first-order valence-corrected chi connectivity index (χ1v) is 11.1. The number of amides is 2. The molecule has 3 aromatic rings. The molecule has 0 aliphatic rings. The molecule has 0 saturated carbocycles. The molecule has 3 rings (SSSR count). The van der Waals surface area contributed by atoms with E-state index < -0.39 is 42.5 Å². The number of nitrogens with one attached hydrogen (secondary N) is 1. The van der Waals surface area contributed by atoms with Gasteiger partial charge in [0, 0.05) is 17.8 Å². The Bertz CT molecular complexity index is 1360. The number of halogens is 3. The van der Waals surface area contributed by atoms with E-state index in [-0.39, 0.29) is 29.1 Å². The van der Waals surface area contributed by atoms with Gasteiger partial charge in [-0.05, 0) is 59.7 Å². The molecule has 0 heterocycles. The number of aliphatic carboxylic acids is 1. The van der Waals surface area contributed by atoms with Crippen molar-refractivity contribution in [2.24, 2.45) is 0 Å². The lowest BCUT2D eigenvalue weighted by molar-refractivity contribution is -0.139.